The Bertz CT molecular complexity index is 794. The van der Waals surface area contributed by atoms with E-state index in [1.165, 1.54) is 30.3 Å². The number of carbonyl (C=O) groups is 1. The van der Waals surface area contributed by atoms with Crippen molar-refractivity contribution in [1.82, 2.24) is 0 Å². The van der Waals surface area contributed by atoms with Crippen molar-refractivity contribution in [2.45, 2.75) is 19.5 Å². The molecule has 0 amide bonds. The van der Waals surface area contributed by atoms with Crippen molar-refractivity contribution in [3.63, 3.8) is 0 Å². The molecule has 0 fully saturated rings. The minimum absolute atomic E-state index is 0.0819. The first kappa shape index (κ1) is 16.9. The molecule has 25 heavy (non-hydrogen) atoms. The number of benzene rings is 2. The maximum Gasteiger partial charge on any atom is 0.586 e. The summed E-state index contributed by atoms with van der Waals surface area (Å²) in [6.45, 7) is -3.14. The van der Waals surface area contributed by atoms with Gasteiger partial charge in [-0.3, -0.25) is 4.79 Å². The molecule has 1 aliphatic heterocycles. The minimum atomic E-state index is -3.72. The quantitative estimate of drug-likeness (QED) is 0.577. The van der Waals surface area contributed by atoms with Crippen molar-refractivity contribution in [1.29, 1.82) is 0 Å². The summed E-state index contributed by atoms with van der Waals surface area (Å²) >= 11 is 0. The van der Waals surface area contributed by atoms with Crippen molar-refractivity contribution in [2.24, 2.45) is 0 Å². The van der Waals surface area contributed by atoms with Gasteiger partial charge in [0.05, 0.1) is 0 Å². The van der Waals surface area contributed by atoms with Gasteiger partial charge in [0.25, 0.3) is 0 Å². The number of hydrogen-bond acceptors (Lipinski definition) is 5. The summed E-state index contributed by atoms with van der Waals surface area (Å²) in [6, 6.07) is 7.71. The molecule has 5 nitrogen and oxygen atoms in total. The second kappa shape index (κ2) is 6.50. The number of carbonyl (C=O) groups excluding carboxylic acids is 1. The van der Waals surface area contributed by atoms with Gasteiger partial charge in [-0.25, -0.2) is 0 Å². The molecule has 2 aromatic rings. The molecule has 0 atom stereocenters. The zero-order chi connectivity index (χ0) is 18.0. The predicted molar refractivity (Wildman–Crippen MR) is 75.4 cm³/mol. The van der Waals surface area contributed by atoms with Crippen molar-refractivity contribution in [3.05, 3.63) is 47.5 Å². The fourth-order valence-corrected chi connectivity index (χ4v) is 2.17. The van der Waals surface area contributed by atoms with E-state index in [4.69, 9.17) is 4.74 Å². The van der Waals surface area contributed by atoms with Crippen LogP contribution < -0.4 is 18.9 Å². The maximum atomic E-state index is 13.0. The summed E-state index contributed by atoms with van der Waals surface area (Å²) in [5.74, 6) is -0.387. The molecule has 0 saturated heterocycles. The van der Waals surface area contributed by atoms with E-state index in [9.17, 15) is 22.4 Å². The van der Waals surface area contributed by atoms with Crippen molar-refractivity contribution < 1.29 is 41.3 Å². The summed E-state index contributed by atoms with van der Waals surface area (Å²) < 4.78 is 68.8. The van der Waals surface area contributed by atoms with Gasteiger partial charge in [-0.15, -0.1) is 8.78 Å². The average molecular weight is 358 g/mol. The summed E-state index contributed by atoms with van der Waals surface area (Å²) in [4.78, 5) is 10.9. The van der Waals surface area contributed by atoms with Crippen LogP contribution in [0.2, 0.25) is 0 Å². The molecule has 2 aromatic carbocycles. The lowest BCUT2D eigenvalue weighted by molar-refractivity contribution is -0.286. The van der Waals surface area contributed by atoms with Gasteiger partial charge in [-0.05, 0) is 29.8 Å². The van der Waals surface area contributed by atoms with Gasteiger partial charge in [0, 0.05) is 11.6 Å². The van der Waals surface area contributed by atoms with Gasteiger partial charge < -0.3 is 18.9 Å². The Hall–Kier alpha value is -2.97. The molecule has 0 N–H and O–H groups in total. The summed E-state index contributed by atoms with van der Waals surface area (Å²) in [6.07, 6.45) is -3.27. The highest BCUT2D eigenvalue weighted by Gasteiger charge is 2.43. The third-order valence-corrected chi connectivity index (χ3v) is 3.13. The van der Waals surface area contributed by atoms with Gasteiger partial charge in [0.15, 0.2) is 11.5 Å². The number of rotatable bonds is 6. The molecular weight excluding hydrogens is 348 g/mol. The van der Waals surface area contributed by atoms with Crippen LogP contribution in [0.1, 0.15) is 15.9 Å². The molecule has 0 aliphatic carbocycles. The van der Waals surface area contributed by atoms with Crippen LogP contribution in [0.3, 0.4) is 0 Å². The molecule has 0 bridgehead atoms. The number of aldehydes is 1. The number of ether oxygens (including phenoxy) is 4. The van der Waals surface area contributed by atoms with Crippen LogP contribution in [0, 0.1) is 0 Å². The fraction of sp³-hybridized carbons (Fsp3) is 0.188. The highest BCUT2D eigenvalue weighted by atomic mass is 19.3. The standard InChI is InChI=1S/C16H10F4O5/c17-15(18)23-12-4-10(7-21)3-11(6-12)22-8-9-1-2-13-14(5-9)25-16(19,20)24-13/h1-7,15H,8H2. The smallest absolute Gasteiger partial charge is 0.489 e. The first-order valence-electron chi connectivity index (χ1n) is 6.91. The van der Waals surface area contributed by atoms with Gasteiger partial charge in [-0.2, -0.15) is 8.78 Å². The lowest BCUT2D eigenvalue weighted by Gasteiger charge is -2.10. The normalized spacial score (nSPS) is 14.4. The Kier molecular flexibility index (Phi) is 4.39. The molecule has 0 saturated carbocycles. The van der Waals surface area contributed by atoms with Gasteiger partial charge in [0.2, 0.25) is 0 Å². The SMILES string of the molecule is O=Cc1cc(OCc2ccc3c(c2)OC(F)(F)O3)cc(OC(F)F)c1. The molecule has 3 rings (SSSR count). The molecule has 0 unspecified atom stereocenters. The van der Waals surface area contributed by atoms with E-state index >= 15 is 0 Å². The Morgan fingerprint density at radius 3 is 2.48 bits per heavy atom. The predicted octanol–water partition coefficient (Wildman–Crippen LogP) is 4.00. The zero-order valence-corrected chi connectivity index (χ0v) is 12.4. The van der Waals surface area contributed by atoms with E-state index in [1.807, 2.05) is 0 Å². The van der Waals surface area contributed by atoms with Crippen LogP contribution in [0.15, 0.2) is 36.4 Å². The number of fused-ring (bicyclic) bond motifs is 1. The second-order valence-corrected chi connectivity index (χ2v) is 4.97. The van der Waals surface area contributed by atoms with Crippen LogP contribution >= 0.6 is 0 Å². The molecular formula is C16H10F4O5. The first-order chi connectivity index (χ1) is 11.8. The van der Waals surface area contributed by atoms with Gasteiger partial charge >= 0.3 is 12.9 Å². The summed E-state index contributed by atoms with van der Waals surface area (Å²) in [5, 5.41) is 0. The van der Waals surface area contributed by atoms with E-state index in [0.717, 1.165) is 6.07 Å². The van der Waals surface area contributed by atoms with Crippen LogP contribution in [0.25, 0.3) is 0 Å². The third kappa shape index (κ3) is 4.11. The van der Waals surface area contributed by atoms with Gasteiger partial charge in [0.1, 0.15) is 24.4 Å². The summed E-state index contributed by atoms with van der Waals surface area (Å²) in [7, 11) is 0. The summed E-state index contributed by atoms with van der Waals surface area (Å²) in [5.41, 5.74) is 0.548. The average Bonchev–Trinajstić information content (AvgIpc) is 2.85. The first-order valence-corrected chi connectivity index (χ1v) is 6.91. The molecule has 1 heterocycles. The molecule has 132 valence electrons. The van der Waals surface area contributed by atoms with Crippen LogP contribution in [-0.4, -0.2) is 19.2 Å². The third-order valence-electron chi connectivity index (χ3n) is 3.13. The van der Waals surface area contributed by atoms with Crippen molar-refractivity contribution >= 4 is 6.29 Å². The van der Waals surface area contributed by atoms with Crippen LogP contribution in [-0.2, 0) is 6.61 Å². The fourth-order valence-electron chi connectivity index (χ4n) is 2.17. The molecule has 9 heteroatoms. The maximum absolute atomic E-state index is 13.0. The topological polar surface area (TPSA) is 54.0 Å². The van der Waals surface area contributed by atoms with E-state index in [1.54, 1.807) is 0 Å². The lowest BCUT2D eigenvalue weighted by Crippen LogP contribution is -2.25. The Balaban J connectivity index is 1.73. The number of halogens is 4. The van der Waals surface area contributed by atoms with Crippen LogP contribution in [0.5, 0.6) is 23.0 Å². The van der Waals surface area contributed by atoms with E-state index < -0.39 is 12.9 Å². The van der Waals surface area contributed by atoms with Crippen molar-refractivity contribution in [3.8, 4) is 23.0 Å². The van der Waals surface area contributed by atoms with E-state index in [-0.39, 0.29) is 35.2 Å². The monoisotopic (exact) mass is 358 g/mol. The molecule has 1 aliphatic rings. The minimum Gasteiger partial charge on any atom is -0.489 e. The molecule has 0 spiro atoms. The number of hydrogen-bond donors (Lipinski definition) is 0. The molecule has 0 radical (unpaired) electrons. The second-order valence-electron chi connectivity index (χ2n) is 4.97. The van der Waals surface area contributed by atoms with Gasteiger partial charge in [-0.1, -0.05) is 6.07 Å². The van der Waals surface area contributed by atoms with Crippen LogP contribution in [0.4, 0.5) is 17.6 Å². The van der Waals surface area contributed by atoms with Crippen molar-refractivity contribution in [2.75, 3.05) is 0 Å². The Morgan fingerprint density at radius 2 is 1.76 bits per heavy atom. The van der Waals surface area contributed by atoms with E-state index in [0.29, 0.717) is 11.8 Å². The highest BCUT2D eigenvalue weighted by molar-refractivity contribution is 5.76. The Labute approximate surface area is 138 Å². The number of alkyl halides is 4. The largest absolute Gasteiger partial charge is 0.586 e. The lowest BCUT2D eigenvalue weighted by atomic mass is 10.2. The highest BCUT2D eigenvalue weighted by Crippen LogP contribution is 2.41. The molecule has 0 aromatic heterocycles. The zero-order valence-electron chi connectivity index (χ0n) is 12.4. The van der Waals surface area contributed by atoms with E-state index in [2.05, 4.69) is 14.2 Å². The Morgan fingerprint density at radius 1 is 1.04 bits per heavy atom.